The second-order valence-electron chi connectivity index (χ2n) is 6.72. The van der Waals surface area contributed by atoms with Crippen molar-refractivity contribution in [1.29, 1.82) is 0 Å². The fraction of sp³-hybridized carbons (Fsp3) is 0.529. The van der Waals surface area contributed by atoms with E-state index in [0.29, 0.717) is 18.5 Å². The van der Waals surface area contributed by atoms with Crippen molar-refractivity contribution in [2.45, 2.75) is 45.6 Å². The van der Waals surface area contributed by atoms with Crippen LogP contribution in [-0.4, -0.2) is 35.5 Å². The molecular weight excluding hydrogens is 285 g/mol. The molecule has 0 spiro atoms. The summed E-state index contributed by atoms with van der Waals surface area (Å²) in [4.78, 5) is 25.8. The molecule has 120 valence electrons. The summed E-state index contributed by atoms with van der Waals surface area (Å²) in [6.45, 7) is 7.55. The van der Waals surface area contributed by atoms with Gasteiger partial charge in [-0.25, -0.2) is 9.18 Å². The van der Waals surface area contributed by atoms with E-state index < -0.39 is 11.7 Å². The van der Waals surface area contributed by atoms with Crippen LogP contribution in [0.15, 0.2) is 18.2 Å². The highest BCUT2D eigenvalue weighted by Crippen LogP contribution is 2.27. The lowest BCUT2D eigenvalue weighted by Crippen LogP contribution is -2.45. The average molecular weight is 307 g/mol. The average Bonchev–Trinajstić information content (AvgIpc) is 2.40. The third kappa shape index (κ3) is 3.84. The summed E-state index contributed by atoms with van der Waals surface area (Å²) < 4.78 is 18.6. The number of carbonyl (C=O) groups excluding carboxylic acids is 2. The molecule has 0 N–H and O–H groups in total. The van der Waals surface area contributed by atoms with Crippen LogP contribution in [0.1, 0.15) is 44.2 Å². The number of ether oxygens (including phenoxy) is 1. The van der Waals surface area contributed by atoms with E-state index >= 15 is 0 Å². The third-order valence-electron chi connectivity index (χ3n) is 3.66. The van der Waals surface area contributed by atoms with Crippen molar-refractivity contribution in [1.82, 2.24) is 4.90 Å². The van der Waals surface area contributed by atoms with Crippen LogP contribution in [0, 0.1) is 12.7 Å². The van der Waals surface area contributed by atoms with Crippen molar-refractivity contribution in [3.8, 4) is 0 Å². The van der Waals surface area contributed by atoms with Crippen molar-refractivity contribution in [3.05, 3.63) is 35.1 Å². The number of amides is 1. The zero-order chi connectivity index (χ0) is 16.5. The van der Waals surface area contributed by atoms with Crippen LogP contribution in [-0.2, 0) is 9.53 Å². The summed E-state index contributed by atoms with van der Waals surface area (Å²) in [5.41, 5.74) is 0.762. The Morgan fingerprint density at radius 2 is 2.05 bits per heavy atom. The van der Waals surface area contributed by atoms with E-state index in [4.69, 9.17) is 4.74 Å². The van der Waals surface area contributed by atoms with Gasteiger partial charge in [0.05, 0.1) is 6.54 Å². The van der Waals surface area contributed by atoms with Gasteiger partial charge in [-0.3, -0.25) is 4.79 Å². The second-order valence-corrected chi connectivity index (χ2v) is 6.72. The van der Waals surface area contributed by atoms with E-state index in [9.17, 15) is 14.0 Å². The summed E-state index contributed by atoms with van der Waals surface area (Å²) in [6, 6.07) is 4.74. The fourth-order valence-corrected chi connectivity index (χ4v) is 2.54. The number of Topliss-reactive ketones (excluding diaryl/α,β-unsaturated/α-hetero) is 1. The molecule has 0 radical (unpaired) electrons. The van der Waals surface area contributed by atoms with Crippen LogP contribution in [0.4, 0.5) is 9.18 Å². The Hall–Kier alpha value is -1.91. The van der Waals surface area contributed by atoms with Gasteiger partial charge in [-0.2, -0.15) is 0 Å². The standard InChI is InChI=1S/C17H22FNO3/c1-11-9-12(5-6-14(11)18)13-7-8-19(10-15(13)20)16(21)22-17(2,3)4/h5-6,9,13H,7-8,10H2,1-4H3/t13-/m0/s1. The first-order valence-electron chi connectivity index (χ1n) is 7.44. The monoisotopic (exact) mass is 307 g/mol. The summed E-state index contributed by atoms with van der Waals surface area (Å²) in [6.07, 6.45) is 0.0676. The van der Waals surface area contributed by atoms with Crippen molar-refractivity contribution in [3.63, 3.8) is 0 Å². The highest BCUT2D eigenvalue weighted by Gasteiger charge is 2.32. The number of rotatable bonds is 1. The van der Waals surface area contributed by atoms with Gasteiger partial charge >= 0.3 is 6.09 Å². The van der Waals surface area contributed by atoms with Crippen molar-refractivity contribution < 1.29 is 18.7 Å². The minimum absolute atomic E-state index is 0.0377. The molecule has 1 aliphatic rings. The lowest BCUT2D eigenvalue weighted by atomic mass is 9.87. The Kier molecular flexibility index (Phi) is 4.54. The molecular formula is C17H22FNO3. The summed E-state index contributed by atoms with van der Waals surface area (Å²) in [5, 5.41) is 0. The molecule has 1 aromatic rings. The first kappa shape index (κ1) is 16.5. The predicted octanol–water partition coefficient (Wildman–Crippen LogP) is 3.43. The molecule has 5 heteroatoms. The van der Waals surface area contributed by atoms with Gasteiger partial charge in [0.15, 0.2) is 5.78 Å². The molecule has 0 saturated carbocycles. The lowest BCUT2D eigenvalue weighted by Gasteiger charge is -2.32. The number of halogens is 1. The van der Waals surface area contributed by atoms with E-state index in [1.807, 2.05) is 0 Å². The molecule has 0 unspecified atom stereocenters. The Balaban J connectivity index is 2.05. The van der Waals surface area contributed by atoms with Gasteiger partial charge in [0, 0.05) is 12.5 Å². The Labute approximate surface area is 130 Å². The first-order valence-corrected chi connectivity index (χ1v) is 7.44. The summed E-state index contributed by atoms with van der Waals surface area (Å²) in [5.74, 6) is -0.594. The highest BCUT2D eigenvalue weighted by molar-refractivity contribution is 5.90. The van der Waals surface area contributed by atoms with E-state index in [0.717, 1.165) is 5.56 Å². The van der Waals surface area contributed by atoms with Crippen LogP contribution < -0.4 is 0 Å². The molecule has 1 atom stereocenters. The van der Waals surface area contributed by atoms with Gasteiger partial charge in [-0.15, -0.1) is 0 Å². The van der Waals surface area contributed by atoms with Gasteiger partial charge in [0.25, 0.3) is 0 Å². The van der Waals surface area contributed by atoms with Gasteiger partial charge in [-0.05, 0) is 51.3 Å². The Bertz CT molecular complexity index is 592. The maximum atomic E-state index is 13.3. The van der Waals surface area contributed by atoms with E-state index in [1.54, 1.807) is 39.8 Å². The minimum atomic E-state index is -0.578. The molecule has 1 aliphatic heterocycles. The first-order chi connectivity index (χ1) is 10.2. The van der Waals surface area contributed by atoms with Crippen molar-refractivity contribution in [2.24, 2.45) is 0 Å². The minimum Gasteiger partial charge on any atom is -0.444 e. The van der Waals surface area contributed by atoms with Gasteiger partial charge < -0.3 is 9.64 Å². The molecule has 22 heavy (non-hydrogen) atoms. The molecule has 1 heterocycles. The molecule has 0 aliphatic carbocycles. The largest absolute Gasteiger partial charge is 0.444 e. The van der Waals surface area contributed by atoms with E-state index in [2.05, 4.69) is 0 Å². The van der Waals surface area contributed by atoms with Gasteiger partial charge in [-0.1, -0.05) is 12.1 Å². The topological polar surface area (TPSA) is 46.6 Å². The molecule has 4 nitrogen and oxygen atoms in total. The molecule has 1 saturated heterocycles. The zero-order valence-corrected chi connectivity index (χ0v) is 13.5. The molecule has 1 amide bonds. The quantitative estimate of drug-likeness (QED) is 0.798. The maximum absolute atomic E-state index is 13.3. The third-order valence-corrected chi connectivity index (χ3v) is 3.66. The number of carbonyl (C=O) groups is 2. The number of benzene rings is 1. The van der Waals surface area contributed by atoms with Crippen LogP contribution in [0.5, 0.6) is 0 Å². The Morgan fingerprint density at radius 3 is 2.59 bits per heavy atom. The maximum Gasteiger partial charge on any atom is 0.410 e. The zero-order valence-electron chi connectivity index (χ0n) is 13.5. The number of ketones is 1. The van der Waals surface area contributed by atoms with E-state index in [1.165, 1.54) is 11.0 Å². The highest BCUT2D eigenvalue weighted by atomic mass is 19.1. The van der Waals surface area contributed by atoms with Crippen LogP contribution >= 0.6 is 0 Å². The lowest BCUT2D eigenvalue weighted by molar-refractivity contribution is -0.123. The smallest absolute Gasteiger partial charge is 0.410 e. The molecule has 1 fully saturated rings. The van der Waals surface area contributed by atoms with Crippen molar-refractivity contribution in [2.75, 3.05) is 13.1 Å². The normalized spacial score (nSPS) is 19.2. The predicted molar refractivity (Wildman–Crippen MR) is 81.3 cm³/mol. The number of nitrogens with zero attached hydrogens (tertiary/aromatic N) is 1. The summed E-state index contributed by atoms with van der Waals surface area (Å²) >= 11 is 0. The summed E-state index contributed by atoms with van der Waals surface area (Å²) in [7, 11) is 0. The van der Waals surface area contributed by atoms with Gasteiger partial charge in [0.2, 0.25) is 0 Å². The molecule has 1 aromatic carbocycles. The van der Waals surface area contributed by atoms with Crippen molar-refractivity contribution >= 4 is 11.9 Å². The Morgan fingerprint density at radius 1 is 1.36 bits per heavy atom. The molecule has 0 aromatic heterocycles. The van der Waals surface area contributed by atoms with Crippen LogP contribution in [0.2, 0.25) is 0 Å². The number of hydrogen-bond donors (Lipinski definition) is 0. The SMILES string of the molecule is Cc1cc([C@@H]2CCN(C(=O)OC(C)(C)C)CC2=O)ccc1F. The number of hydrogen-bond acceptors (Lipinski definition) is 3. The molecule has 2 rings (SSSR count). The number of piperidine rings is 1. The molecule has 0 bridgehead atoms. The second kappa shape index (κ2) is 6.07. The van der Waals surface area contributed by atoms with Crippen LogP contribution in [0.25, 0.3) is 0 Å². The number of aryl methyl sites for hydroxylation is 1. The fourth-order valence-electron chi connectivity index (χ4n) is 2.54. The number of likely N-dealkylation sites (tertiary alicyclic amines) is 1. The van der Waals surface area contributed by atoms with E-state index in [-0.39, 0.29) is 24.1 Å². The van der Waals surface area contributed by atoms with Gasteiger partial charge in [0.1, 0.15) is 11.4 Å². The van der Waals surface area contributed by atoms with Crippen LogP contribution in [0.3, 0.4) is 0 Å².